The maximum absolute atomic E-state index is 14.7. The Kier molecular flexibility index (Phi) is 38.9. The highest BCUT2D eigenvalue weighted by atomic mass is 16.4. The van der Waals surface area contributed by atoms with Crippen LogP contribution >= 0.6 is 0 Å². The molecule has 582 valence electrons. The van der Waals surface area contributed by atoms with Gasteiger partial charge in [0.25, 0.3) is 0 Å². The van der Waals surface area contributed by atoms with Crippen molar-refractivity contribution in [3.63, 3.8) is 0 Å². The minimum Gasteiger partial charge on any atom is -0.481 e. The van der Waals surface area contributed by atoms with Gasteiger partial charge in [0, 0.05) is 32.5 Å². The van der Waals surface area contributed by atoms with Gasteiger partial charge >= 0.3 is 11.9 Å². The van der Waals surface area contributed by atoms with E-state index in [2.05, 4.69) is 68.5 Å². The minimum atomic E-state index is -2.09. The Morgan fingerprint density at radius 1 is 0.524 bits per heavy atom. The van der Waals surface area contributed by atoms with Crippen molar-refractivity contribution < 1.29 is 92.7 Å². The average molecular weight is 1480 g/mol. The molecular formula is C66H104N20O19. The van der Waals surface area contributed by atoms with E-state index in [4.69, 9.17) is 34.4 Å². The summed E-state index contributed by atoms with van der Waals surface area (Å²) in [4.78, 5) is 199. The zero-order chi connectivity index (χ0) is 78.5. The molecular weight excluding hydrogens is 1380 g/mol. The number of carbonyl (C=O) groups is 14. The van der Waals surface area contributed by atoms with Gasteiger partial charge in [0.05, 0.1) is 38.3 Å². The van der Waals surface area contributed by atoms with Crippen LogP contribution in [0.25, 0.3) is 0 Å². The highest BCUT2D eigenvalue weighted by Gasteiger charge is 2.40. The van der Waals surface area contributed by atoms with Crippen LogP contribution in [0.15, 0.2) is 70.6 Å². The second-order valence-electron chi connectivity index (χ2n) is 25.2. The molecule has 1 fully saturated rings. The molecule has 0 aromatic heterocycles. The topological polar surface area (TPSA) is 657 Å². The number of amides is 12. The van der Waals surface area contributed by atoms with Crippen LogP contribution < -0.4 is 92.9 Å². The number of hydrogen-bond acceptors (Lipinski definition) is 21. The maximum atomic E-state index is 14.7. The summed E-state index contributed by atoms with van der Waals surface area (Å²) in [5, 5.41) is 76.2. The van der Waals surface area contributed by atoms with Crippen molar-refractivity contribution in [1.82, 2.24) is 63.4 Å². The van der Waals surface area contributed by atoms with E-state index < -0.39 is 194 Å². The van der Waals surface area contributed by atoms with E-state index in [0.29, 0.717) is 36.9 Å². The summed E-state index contributed by atoms with van der Waals surface area (Å²) in [6.45, 7) is 2.93. The first-order valence-electron chi connectivity index (χ1n) is 34.3. The molecule has 39 heteroatoms. The number of aliphatic hydroxyl groups excluding tert-OH is 3. The van der Waals surface area contributed by atoms with E-state index in [1.54, 1.807) is 74.5 Å². The van der Waals surface area contributed by atoms with E-state index in [1.165, 1.54) is 6.92 Å². The van der Waals surface area contributed by atoms with Crippen LogP contribution in [0.5, 0.6) is 0 Å². The summed E-state index contributed by atoms with van der Waals surface area (Å²) in [7, 11) is 0. The van der Waals surface area contributed by atoms with E-state index in [1.807, 2.05) is 0 Å². The maximum Gasteiger partial charge on any atom is 0.328 e. The first-order chi connectivity index (χ1) is 49.7. The smallest absolute Gasteiger partial charge is 0.328 e. The largest absolute Gasteiger partial charge is 0.481 e. The summed E-state index contributed by atoms with van der Waals surface area (Å²) < 4.78 is 0. The molecule has 105 heavy (non-hydrogen) atoms. The lowest BCUT2D eigenvalue weighted by molar-refractivity contribution is -0.146. The van der Waals surface area contributed by atoms with Crippen molar-refractivity contribution in [2.75, 3.05) is 45.9 Å². The van der Waals surface area contributed by atoms with E-state index in [0.717, 1.165) is 11.8 Å². The Bertz CT molecular complexity index is 3310. The Labute approximate surface area is 606 Å². The molecule has 28 N–H and O–H groups in total. The highest BCUT2D eigenvalue weighted by molar-refractivity contribution is 6.00. The minimum absolute atomic E-state index is 0.00617. The number of carboxylic acid groups (broad SMARTS) is 2. The third-order valence-corrected chi connectivity index (χ3v) is 16.8. The van der Waals surface area contributed by atoms with E-state index >= 15 is 0 Å². The Morgan fingerprint density at radius 3 is 1.45 bits per heavy atom. The van der Waals surface area contributed by atoms with Gasteiger partial charge in [-0.1, -0.05) is 87.4 Å². The number of aliphatic imine (C=N–C) groups is 2. The average Bonchev–Trinajstić information content (AvgIpc) is 1.29. The summed E-state index contributed by atoms with van der Waals surface area (Å²) >= 11 is 0. The normalized spacial score (nSPS) is 16.2. The second-order valence-corrected chi connectivity index (χ2v) is 25.2. The van der Waals surface area contributed by atoms with E-state index in [-0.39, 0.29) is 89.3 Å². The molecule has 2 aromatic carbocycles. The van der Waals surface area contributed by atoms with Crippen LogP contribution in [-0.4, -0.2) is 250 Å². The number of guanidine groups is 2. The van der Waals surface area contributed by atoms with Crippen LogP contribution in [0, 0.1) is 5.92 Å². The van der Waals surface area contributed by atoms with Crippen molar-refractivity contribution in [2.24, 2.45) is 50.3 Å². The van der Waals surface area contributed by atoms with E-state index in [9.17, 15) is 92.7 Å². The fraction of sp³-hybridized carbons (Fsp3) is 0.576. The third kappa shape index (κ3) is 31.5. The molecule has 1 aliphatic rings. The molecule has 14 atom stereocenters. The van der Waals surface area contributed by atoms with Crippen LogP contribution in [0.4, 0.5) is 0 Å². The SMILES string of the molecule is CC[C@H](C)[C@H](NC(=O)[C@H](Cc1ccccc1)NC(=O)[C@H](C)NC(=O)[C@H](Cc1ccccc1)NC(=O)[C@H](CCCN=C(N)N)NC(=O)[C@@H](N)CCCCN)C(=O)N[C@@H](CCCN=C(N)N)C(=O)N[C@@H](CO)C(=O)N[C@@H](CC(=O)O)C(=O)N[C@@H](CO)C(=O)NCC(=O)N1CCC[C@H]1C(=O)N[C@H](C(=O)O)[C@@H](C)O. The first kappa shape index (κ1) is 88.6. The first-order valence-corrected chi connectivity index (χ1v) is 34.3. The fourth-order valence-corrected chi connectivity index (χ4v) is 10.7. The number of benzene rings is 2. The number of unbranched alkanes of at least 4 members (excludes halogenated alkanes) is 1. The molecule has 12 amide bonds. The predicted molar refractivity (Wildman–Crippen MR) is 379 cm³/mol. The molecule has 0 aliphatic carbocycles. The molecule has 0 bridgehead atoms. The number of aliphatic hydroxyl groups is 3. The summed E-state index contributed by atoms with van der Waals surface area (Å²) in [5.41, 5.74) is 35.0. The number of nitrogens with two attached hydrogens (primary N) is 6. The summed E-state index contributed by atoms with van der Waals surface area (Å²) in [6, 6.07) is -1.52. The second kappa shape index (κ2) is 46.2. The molecule has 39 nitrogen and oxygen atoms in total. The monoisotopic (exact) mass is 1480 g/mol. The lowest BCUT2D eigenvalue weighted by atomic mass is 9.96. The van der Waals surface area contributed by atoms with Crippen LogP contribution in [0.1, 0.15) is 109 Å². The molecule has 0 radical (unpaired) electrons. The quantitative estimate of drug-likeness (QED) is 0.0166. The van der Waals surface area contributed by atoms with Gasteiger partial charge in [0.15, 0.2) is 18.0 Å². The number of carboxylic acids is 2. The van der Waals surface area contributed by atoms with Gasteiger partial charge < -0.3 is 123 Å². The van der Waals surface area contributed by atoms with Gasteiger partial charge in [0.1, 0.15) is 60.4 Å². The van der Waals surface area contributed by atoms with Gasteiger partial charge in [-0.15, -0.1) is 0 Å². The van der Waals surface area contributed by atoms with Crippen molar-refractivity contribution in [3.05, 3.63) is 71.8 Å². The van der Waals surface area contributed by atoms with Crippen LogP contribution in [0.3, 0.4) is 0 Å². The van der Waals surface area contributed by atoms with Crippen LogP contribution in [-0.2, 0) is 80.0 Å². The number of hydrogen-bond donors (Lipinski definition) is 22. The van der Waals surface area contributed by atoms with Crippen molar-refractivity contribution in [3.8, 4) is 0 Å². The molecule has 3 rings (SSSR count). The van der Waals surface area contributed by atoms with Gasteiger partial charge in [-0.3, -0.25) is 72.3 Å². The van der Waals surface area contributed by atoms with Gasteiger partial charge in [-0.2, -0.15) is 0 Å². The van der Waals surface area contributed by atoms with Crippen molar-refractivity contribution >= 4 is 94.7 Å². The molecule has 1 heterocycles. The third-order valence-electron chi connectivity index (χ3n) is 16.8. The van der Waals surface area contributed by atoms with Gasteiger partial charge in [0.2, 0.25) is 70.9 Å². The van der Waals surface area contributed by atoms with Crippen LogP contribution in [0.2, 0.25) is 0 Å². The van der Waals surface area contributed by atoms with Gasteiger partial charge in [-0.25, -0.2) is 4.79 Å². The molecule has 1 aliphatic heterocycles. The van der Waals surface area contributed by atoms with Crippen molar-refractivity contribution in [2.45, 2.75) is 190 Å². The van der Waals surface area contributed by atoms with Crippen molar-refractivity contribution in [1.29, 1.82) is 0 Å². The number of nitrogens with zero attached hydrogens (tertiary/aromatic N) is 3. The number of nitrogens with one attached hydrogen (secondary N) is 11. The highest BCUT2D eigenvalue weighted by Crippen LogP contribution is 2.19. The number of likely N-dealkylation sites (tertiary alicyclic amines) is 1. The predicted octanol–water partition coefficient (Wildman–Crippen LogP) is -8.02. The zero-order valence-electron chi connectivity index (χ0n) is 59.3. The molecule has 2 aromatic rings. The molecule has 1 saturated heterocycles. The molecule has 0 unspecified atom stereocenters. The number of aliphatic carboxylic acids is 2. The lowest BCUT2D eigenvalue weighted by Gasteiger charge is -2.29. The Morgan fingerprint density at radius 2 is 0.971 bits per heavy atom. The number of rotatable bonds is 47. The lowest BCUT2D eigenvalue weighted by Crippen LogP contribution is -2.62. The number of carbonyl (C=O) groups excluding carboxylic acids is 12. The zero-order valence-corrected chi connectivity index (χ0v) is 59.3. The fourth-order valence-electron chi connectivity index (χ4n) is 10.7. The summed E-state index contributed by atoms with van der Waals surface area (Å²) in [6.07, 6.45) is -0.993. The molecule has 0 spiro atoms. The summed E-state index contributed by atoms with van der Waals surface area (Å²) in [5.74, 6) is -16.4. The van der Waals surface area contributed by atoms with Gasteiger partial charge in [-0.05, 0) is 88.8 Å². The standard InChI is InChI=1S/C66H104N20O19/c1-5-35(2)51(84-60(100)44(30-39-19-10-7-11-20-39)79-53(93)36(3)76-58(98)43(29-38-17-8-6-9-18-38)80-56(96)41(22-14-26-73-65(69)70)77-54(94)40(68)21-12-13-25-67)63(103)78-42(23-15-27-74-66(71)72)57(97)83-47(34-88)61(101)81-45(31-50(91)92)59(99)82-46(33-87)55(95)75-32-49(90)86-28-16-24-48(86)62(102)85-52(37(4)89)64(104)105/h6-11,17-20,35-37,40-48,51-52,87-89H,5,12-16,21-34,67-68H2,1-4H3,(H,75,95)(H,76,98)(H,77,94)(H,78,103)(H,79,93)(H,80,96)(H,81,101)(H,82,99)(H,83,97)(H,84,100)(H,85,102)(H,91,92)(H,104,105)(H4,69,70,73)(H4,71,72,74)/t35-,36-,37+,40-,41-,42-,43-,44-,45-,46-,47-,48-,51-,52-/m0/s1. The Balaban J connectivity index is 1.87. The Hall–Kier alpha value is -10.6. The molecule has 0 saturated carbocycles.